The topological polar surface area (TPSA) is 35.5 Å². The van der Waals surface area contributed by atoms with Crippen molar-refractivity contribution in [1.82, 2.24) is 0 Å². The van der Waals surface area contributed by atoms with Gasteiger partial charge in [-0.25, -0.2) is 0 Å². The first-order valence-electron chi connectivity index (χ1n) is 8.48. The third-order valence-corrected chi connectivity index (χ3v) is 6.72. The highest BCUT2D eigenvalue weighted by molar-refractivity contribution is 14.1. The van der Waals surface area contributed by atoms with Crippen molar-refractivity contribution in [3.05, 3.63) is 35.9 Å². The second kappa shape index (κ2) is 7.09. The van der Waals surface area contributed by atoms with Crippen molar-refractivity contribution >= 4 is 28.6 Å². The van der Waals surface area contributed by atoms with Gasteiger partial charge in [-0.3, -0.25) is 4.79 Å². The van der Waals surface area contributed by atoms with Crippen molar-refractivity contribution < 1.29 is 14.3 Å². The molecule has 0 amide bonds. The number of benzene rings is 1. The highest BCUT2D eigenvalue weighted by atomic mass is 127. The molecule has 2 fully saturated rings. The fourth-order valence-electron chi connectivity index (χ4n) is 4.31. The first kappa shape index (κ1) is 17.2. The maximum atomic E-state index is 12.5. The number of carbonyl (C=O) groups excluding carboxylic acids is 1. The molecule has 1 heterocycles. The van der Waals surface area contributed by atoms with Gasteiger partial charge in [0.05, 0.1) is 19.1 Å². The van der Waals surface area contributed by atoms with E-state index in [0.717, 1.165) is 12.8 Å². The van der Waals surface area contributed by atoms with Gasteiger partial charge in [-0.05, 0) is 24.3 Å². The summed E-state index contributed by atoms with van der Waals surface area (Å²) in [6.07, 6.45) is 3.49. The Labute approximate surface area is 152 Å². The van der Waals surface area contributed by atoms with E-state index in [1.165, 1.54) is 12.0 Å². The van der Waals surface area contributed by atoms with E-state index < -0.39 is 0 Å². The van der Waals surface area contributed by atoms with Gasteiger partial charge in [0.25, 0.3) is 0 Å². The lowest BCUT2D eigenvalue weighted by molar-refractivity contribution is -0.145. The Hall–Kier alpha value is -0.620. The van der Waals surface area contributed by atoms with Gasteiger partial charge in [-0.15, -0.1) is 0 Å². The maximum Gasteiger partial charge on any atom is 0.310 e. The summed E-state index contributed by atoms with van der Waals surface area (Å²) in [6, 6.07) is 10.2. The largest absolute Gasteiger partial charge is 0.460 e. The van der Waals surface area contributed by atoms with E-state index in [9.17, 15) is 4.79 Å². The number of ether oxygens (including phenoxy) is 2. The summed E-state index contributed by atoms with van der Waals surface area (Å²) in [5.41, 5.74) is 1.14. The van der Waals surface area contributed by atoms with Gasteiger partial charge >= 0.3 is 5.97 Å². The van der Waals surface area contributed by atoms with Crippen LogP contribution in [0, 0.1) is 17.3 Å². The molecule has 1 aliphatic heterocycles. The SMILES string of the molecule is C[C@H](COCc1ccccc1)[C@@H]1C(=O)O[C@@H]2[C@@H](I)CCC[C@@]21C. The summed E-state index contributed by atoms with van der Waals surface area (Å²) in [4.78, 5) is 12.5. The number of esters is 1. The van der Waals surface area contributed by atoms with Crippen molar-refractivity contribution in [3.63, 3.8) is 0 Å². The van der Waals surface area contributed by atoms with Crippen molar-refractivity contribution in [1.29, 1.82) is 0 Å². The van der Waals surface area contributed by atoms with Crippen LogP contribution in [0.1, 0.15) is 38.7 Å². The van der Waals surface area contributed by atoms with E-state index in [4.69, 9.17) is 9.47 Å². The lowest BCUT2D eigenvalue weighted by atomic mass is 9.64. The monoisotopic (exact) mass is 428 g/mol. The number of hydrogen-bond donors (Lipinski definition) is 0. The van der Waals surface area contributed by atoms with Crippen LogP contribution in [0.3, 0.4) is 0 Å². The van der Waals surface area contributed by atoms with Gasteiger partial charge in [0, 0.05) is 9.34 Å². The van der Waals surface area contributed by atoms with E-state index in [1.54, 1.807) is 0 Å². The summed E-state index contributed by atoms with van der Waals surface area (Å²) in [6.45, 7) is 5.57. The van der Waals surface area contributed by atoms with E-state index in [2.05, 4.69) is 48.6 Å². The summed E-state index contributed by atoms with van der Waals surface area (Å²) >= 11 is 2.46. The third kappa shape index (κ3) is 3.43. The fourth-order valence-corrected chi connectivity index (χ4v) is 5.72. The number of hydrogen-bond acceptors (Lipinski definition) is 3. The highest BCUT2D eigenvalue weighted by Crippen LogP contribution is 2.53. The Morgan fingerprint density at radius 2 is 2.13 bits per heavy atom. The van der Waals surface area contributed by atoms with Crippen molar-refractivity contribution in [2.75, 3.05) is 6.61 Å². The second-order valence-electron chi connectivity index (χ2n) is 7.23. The Morgan fingerprint density at radius 1 is 1.39 bits per heavy atom. The molecular weight excluding hydrogens is 403 g/mol. The van der Waals surface area contributed by atoms with Crippen molar-refractivity contribution in [2.24, 2.45) is 17.3 Å². The molecule has 0 spiro atoms. The van der Waals surface area contributed by atoms with Gasteiger partial charge in [0.15, 0.2) is 0 Å². The molecule has 3 rings (SSSR count). The molecule has 0 N–H and O–H groups in total. The maximum absolute atomic E-state index is 12.5. The summed E-state index contributed by atoms with van der Waals surface area (Å²) in [5.74, 6) is 0.126. The standard InChI is InChI=1S/C19H25IO3/c1-13(11-22-12-14-7-4-3-5-8-14)16-18(21)23-17-15(20)9-6-10-19(16,17)2/h3-5,7-8,13,15-17H,6,9-12H2,1-2H3/t13-,15+,16-,17-,19-/m1/s1. The molecule has 4 heteroatoms. The third-order valence-electron chi connectivity index (χ3n) is 5.44. The van der Waals surface area contributed by atoms with Gasteiger partial charge in [-0.2, -0.15) is 0 Å². The van der Waals surface area contributed by atoms with E-state index >= 15 is 0 Å². The minimum absolute atomic E-state index is 0.0168. The number of alkyl halides is 1. The Kier molecular flexibility index (Phi) is 5.31. The molecule has 5 atom stereocenters. The average Bonchev–Trinajstić information content (AvgIpc) is 2.80. The molecule has 1 aromatic rings. The van der Waals surface area contributed by atoms with E-state index in [0.29, 0.717) is 17.1 Å². The van der Waals surface area contributed by atoms with Crippen LogP contribution in [0.25, 0.3) is 0 Å². The molecule has 23 heavy (non-hydrogen) atoms. The molecule has 1 aliphatic carbocycles. The van der Waals surface area contributed by atoms with Gasteiger partial charge in [0.2, 0.25) is 0 Å². The minimum atomic E-state index is -0.0409. The zero-order chi connectivity index (χ0) is 16.4. The van der Waals surface area contributed by atoms with Gasteiger partial charge in [-0.1, -0.05) is 73.2 Å². The second-order valence-corrected chi connectivity index (χ2v) is 8.83. The van der Waals surface area contributed by atoms with E-state index in [1.807, 2.05) is 18.2 Å². The lowest BCUT2D eigenvalue weighted by Gasteiger charge is -2.41. The Bertz CT molecular complexity index is 547. The van der Waals surface area contributed by atoms with Crippen LogP contribution in [0.5, 0.6) is 0 Å². The van der Waals surface area contributed by atoms with Crippen LogP contribution in [0.2, 0.25) is 0 Å². The number of halogens is 1. The van der Waals surface area contributed by atoms with Gasteiger partial charge in [0.1, 0.15) is 6.10 Å². The molecule has 0 radical (unpaired) electrons. The van der Waals surface area contributed by atoms with Crippen LogP contribution in [0.4, 0.5) is 0 Å². The predicted molar refractivity (Wildman–Crippen MR) is 98.4 cm³/mol. The first-order chi connectivity index (χ1) is 11.0. The number of carbonyl (C=O) groups is 1. The van der Waals surface area contributed by atoms with E-state index in [-0.39, 0.29) is 29.3 Å². The number of rotatable bonds is 5. The molecule has 3 nitrogen and oxygen atoms in total. The summed E-state index contributed by atoms with van der Waals surface area (Å²) in [5, 5.41) is 0. The van der Waals surface area contributed by atoms with Crippen LogP contribution < -0.4 is 0 Å². The average molecular weight is 428 g/mol. The zero-order valence-corrected chi connectivity index (χ0v) is 16.0. The number of fused-ring (bicyclic) bond motifs is 1. The molecule has 1 saturated heterocycles. The van der Waals surface area contributed by atoms with Crippen LogP contribution >= 0.6 is 22.6 Å². The van der Waals surface area contributed by atoms with Gasteiger partial charge < -0.3 is 9.47 Å². The molecule has 0 bridgehead atoms. The minimum Gasteiger partial charge on any atom is -0.460 e. The molecule has 0 unspecified atom stereocenters. The highest BCUT2D eigenvalue weighted by Gasteiger charge is 2.58. The quantitative estimate of drug-likeness (QED) is 0.397. The zero-order valence-electron chi connectivity index (χ0n) is 13.8. The molecule has 1 saturated carbocycles. The summed E-state index contributed by atoms with van der Waals surface area (Å²) in [7, 11) is 0. The lowest BCUT2D eigenvalue weighted by Crippen LogP contribution is -2.44. The fraction of sp³-hybridized carbons (Fsp3) is 0.632. The van der Waals surface area contributed by atoms with Crippen molar-refractivity contribution in [3.8, 4) is 0 Å². The molecule has 0 aromatic heterocycles. The molecule has 1 aromatic carbocycles. The van der Waals surface area contributed by atoms with Crippen molar-refractivity contribution in [2.45, 2.75) is 49.7 Å². The molecule has 2 aliphatic rings. The summed E-state index contributed by atoms with van der Waals surface area (Å²) < 4.78 is 12.1. The molecule has 126 valence electrons. The smallest absolute Gasteiger partial charge is 0.310 e. The van der Waals surface area contributed by atoms with Crippen LogP contribution in [-0.4, -0.2) is 22.6 Å². The van der Waals surface area contributed by atoms with Crippen LogP contribution in [0.15, 0.2) is 30.3 Å². The Morgan fingerprint density at radius 3 is 2.87 bits per heavy atom. The first-order valence-corrected chi connectivity index (χ1v) is 9.73. The predicted octanol–water partition coefficient (Wildman–Crippen LogP) is 4.37. The normalized spacial score (nSPS) is 34.7. The van der Waals surface area contributed by atoms with Crippen LogP contribution in [-0.2, 0) is 20.9 Å². The Balaban J connectivity index is 1.62. The molecular formula is C19H25IO3.